The molecule has 3 aromatic carbocycles. The van der Waals surface area contributed by atoms with Gasteiger partial charge in [-0.1, -0.05) is 64.1 Å². The lowest BCUT2D eigenvalue weighted by atomic mass is 10.1. The van der Waals surface area contributed by atoms with Crippen molar-refractivity contribution in [3.63, 3.8) is 0 Å². The van der Waals surface area contributed by atoms with Gasteiger partial charge in [0.25, 0.3) is 5.91 Å². The van der Waals surface area contributed by atoms with Gasteiger partial charge in [-0.15, -0.1) is 0 Å². The van der Waals surface area contributed by atoms with Crippen molar-refractivity contribution >= 4 is 38.7 Å². The van der Waals surface area contributed by atoms with Gasteiger partial charge in [0.05, 0.1) is 21.9 Å². The normalized spacial score (nSPS) is 14.2. The van der Waals surface area contributed by atoms with E-state index in [0.29, 0.717) is 30.1 Å². The highest BCUT2D eigenvalue weighted by Crippen LogP contribution is 2.26. The first-order valence-corrected chi connectivity index (χ1v) is 15.0. The van der Waals surface area contributed by atoms with Crippen LogP contribution in [0.3, 0.4) is 0 Å². The Balaban J connectivity index is 0.000000415. The lowest BCUT2D eigenvalue weighted by Crippen LogP contribution is -2.30. The zero-order valence-corrected chi connectivity index (χ0v) is 24.7. The van der Waals surface area contributed by atoms with E-state index < -0.39 is 10.0 Å². The predicted octanol–water partition coefficient (Wildman–Crippen LogP) is 5.83. The van der Waals surface area contributed by atoms with Gasteiger partial charge in [0.1, 0.15) is 0 Å². The van der Waals surface area contributed by atoms with Crippen LogP contribution in [0.1, 0.15) is 45.7 Å². The molecule has 0 spiro atoms. The quantitative estimate of drug-likeness (QED) is 0.252. The molecule has 40 heavy (non-hydrogen) atoms. The van der Waals surface area contributed by atoms with Gasteiger partial charge in [-0.05, 0) is 67.3 Å². The van der Waals surface area contributed by atoms with E-state index >= 15 is 0 Å². The number of aryl methyl sites for hydroxylation is 2. The Labute approximate surface area is 238 Å². The highest BCUT2D eigenvalue weighted by molar-refractivity contribution is 7.89. The van der Waals surface area contributed by atoms with E-state index in [1.807, 2.05) is 42.5 Å². The lowest BCUT2D eigenvalue weighted by molar-refractivity contribution is -0.114. The molecule has 0 saturated carbocycles. The number of sulfonamides is 1. The molecule has 3 aromatic rings. The fourth-order valence-electron chi connectivity index (χ4n) is 4.31. The smallest absolute Gasteiger partial charge is 0.282 e. The van der Waals surface area contributed by atoms with E-state index in [1.54, 1.807) is 39.1 Å². The third-order valence-electron chi connectivity index (χ3n) is 6.69. The number of carbonyl (C=O) groups is 1. The Kier molecular flexibility index (Phi) is 10.6. The van der Waals surface area contributed by atoms with Crippen LogP contribution in [0.2, 0.25) is 0 Å². The van der Waals surface area contributed by atoms with E-state index in [2.05, 4.69) is 30.3 Å². The number of carbonyl (C=O) groups excluding carboxylic acids is 1. The number of benzene rings is 3. The third-order valence-corrected chi connectivity index (χ3v) is 8.76. The fourth-order valence-corrected chi connectivity index (χ4v) is 5.76. The Morgan fingerprint density at radius 1 is 0.875 bits per heavy atom. The van der Waals surface area contributed by atoms with Crippen molar-refractivity contribution in [1.29, 1.82) is 0 Å². The molecule has 4 rings (SSSR count). The molecule has 1 aliphatic heterocycles. The van der Waals surface area contributed by atoms with Crippen molar-refractivity contribution in [1.82, 2.24) is 4.31 Å². The summed E-state index contributed by atoms with van der Waals surface area (Å²) in [6.45, 7) is 10.4. The molecule has 0 bridgehead atoms. The van der Waals surface area contributed by atoms with Gasteiger partial charge in [-0.25, -0.2) is 8.42 Å². The average molecular weight is 562 g/mol. The van der Waals surface area contributed by atoms with Gasteiger partial charge in [-0.2, -0.15) is 14.4 Å². The molecule has 8 nitrogen and oxygen atoms in total. The molecule has 0 radical (unpaired) electrons. The zero-order chi connectivity index (χ0) is 29.3. The van der Waals surface area contributed by atoms with Crippen molar-refractivity contribution in [3.05, 3.63) is 95.7 Å². The SMILES string of the molecule is CCc1ccccc1N.CCc1ccccc1N/C=C1/C(=O)N(c2ccc(S(=O)(=O)N(CC)CC)cc2)N=C1C. The van der Waals surface area contributed by atoms with Crippen molar-refractivity contribution in [2.75, 3.05) is 29.1 Å². The summed E-state index contributed by atoms with van der Waals surface area (Å²) < 4.78 is 26.7. The summed E-state index contributed by atoms with van der Waals surface area (Å²) in [4.78, 5) is 13.1. The second-order valence-corrected chi connectivity index (χ2v) is 11.1. The number of amides is 1. The average Bonchev–Trinajstić information content (AvgIpc) is 3.25. The number of hydrazone groups is 1. The van der Waals surface area contributed by atoms with Gasteiger partial charge in [0.15, 0.2) is 0 Å². The zero-order valence-electron chi connectivity index (χ0n) is 23.9. The molecular weight excluding hydrogens is 522 g/mol. The lowest BCUT2D eigenvalue weighted by Gasteiger charge is -2.19. The maximum absolute atomic E-state index is 13.0. The van der Waals surface area contributed by atoms with Crippen LogP contribution in [0.15, 0.2) is 94.6 Å². The Hall–Kier alpha value is -3.95. The van der Waals surface area contributed by atoms with Crippen molar-refractivity contribution in [2.24, 2.45) is 5.10 Å². The molecule has 1 heterocycles. The number of anilines is 3. The first-order chi connectivity index (χ1) is 19.2. The van der Waals surface area contributed by atoms with Gasteiger partial charge in [0, 0.05) is 30.7 Å². The molecule has 9 heteroatoms. The molecule has 0 unspecified atom stereocenters. The second kappa shape index (κ2) is 13.9. The summed E-state index contributed by atoms with van der Waals surface area (Å²) >= 11 is 0. The van der Waals surface area contributed by atoms with Gasteiger partial charge < -0.3 is 11.1 Å². The second-order valence-electron chi connectivity index (χ2n) is 9.15. The molecule has 0 aromatic heterocycles. The van der Waals surface area contributed by atoms with Gasteiger partial charge >= 0.3 is 0 Å². The summed E-state index contributed by atoms with van der Waals surface area (Å²) in [6, 6.07) is 22.1. The van der Waals surface area contributed by atoms with Crippen molar-refractivity contribution in [3.8, 4) is 0 Å². The maximum atomic E-state index is 13.0. The van der Waals surface area contributed by atoms with Crippen molar-refractivity contribution < 1.29 is 13.2 Å². The van der Waals surface area contributed by atoms with Crippen LogP contribution in [0, 0.1) is 0 Å². The number of nitrogen functional groups attached to an aromatic ring is 1. The van der Waals surface area contributed by atoms with Gasteiger partial charge in [-0.3, -0.25) is 4.79 Å². The van der Waals surface area contributed by atoms with Crippen LogP contribution in [0.4, 0.5) is 17.1 Å². The number of para-hydroxylation sites is 2. The topological polar surface area (TPSA) is 108 Å². The molecule has 0 atom stereocenters. The summed E-state index contributed by atoms with van der Waals surface area (Å²) in [5.41, 5.74) is 11.4. The number of nitrogens with two attached hydrogens (primary N) is 1. The number of rotatable bonds is 9. The van der Waals surface area contributed by atoms with E-state index in [9.17, 15) is 13.2 Å². The van der Waals surface area contributed by atoms with Crippen molar-refractivity contribution in [2.45, 2.75) is 52.4 Å². The number of hydrogen-bond donors (Lipinski definition) is 2. The monoisotopic (exact) mass is 561 g/mol. The maximum Gasteiger partial charge on any atom is 0.282 e. The van der Waals surface area contributed by atoms with Crippen LogP contribution >= 0.6 is 0 Å². The Morgan fingerprint density at radius 3 is 2.00 bits per heavy atom. The first kappa shape index (κ1) is 30.6. The highest BCUT2D eigenvalue weighted by Gasteiger charge is 2.29. The minimum Gasteiger partial charge on any atom is -0.399 e. The van der Waals surface area contributed by atoms with E-state index in [1.165, 1.54) is 27.0 Å². The Bertz CT molecular complexity index is 1480. The van der Waals surface area contributed by atoms with E-state index in [0.717, 1.165) is 29.8 Å². The summed E-state index contributed by atoms with van der Waals surface area (Å²) in [7, 11) is -3.55. The number of nitrogens with one attached hydrogen (secondary N) is 1. The van der Waals surface area contributed by atoms with Gasteiger partial charge in [0.2, 0.25) is 10.0 Å². The van der Waals surface area contributed by atoms with Crippen LogP contribution < -0.4 is 16.1 Å². The molecule has 0 fully saturated rings. The highest BCUT2D eigenvalue weighted by atomic mass is 32.2. The van der Waals surface area contributed by atoms with Crippen LogP contribution in [-0.2, 0) is 27.7 Å². The molecule has 212 valence electrons. The molecule has 0 aliphatic carbocycles. The first-order valence-electron chi connectivity index (χ1n) is 13.6. The fraction of sp³-hybridized carbons (Fsp3) is 0.290. The van der Waals surface area contributed by atoms with E-state index in [-0.39, 0.29) is 10.8 Å². The van der Waals surface area contributed by atoms with Crippen LogP contribution in [0.25, 0.3) is 0 Å². The van der Waals surface area contributed by atoms with Crippen LogP contribution in [0.5, 0.6) is 0 Å². The minimum atomic E-state index is -3.55. The largest absolute Gasteiger partial charge is 0.399 e. The van der Waals surface area contributed by atoms with E-state index in [4.69, 9.17) is 5.73 Å². The minimum absolute atomic E-state index is 0.195. The molecular formula is C31H39N5O3S. The number of hydrogen-bond acceptors (Lipinski definition) is 6. The standard InChI is InChI=1S/C23H28N4O3S.C8H11N/c1-5-18-10-8-9-11-22(18)24-16-21-17(4)25-27(23(21)28)19-12-14-20(15-13-19)31(29,30)26(6-2)7-3;1-2-7-5-3-4-6-8(7)9/h8-16,24H,5-7H2,1-4H3;3-6H,2,9H2,1H3/b21-16+;. The Morgan fingerprint density at radius 2 is 1.45 bits per heavy atom. The predicted molar refractivity (Wildman–Crippen MR) is 165 cm³/mol. The molecule has 0 saturated heterocycles. The van der Waals surface area contributed by atoms with Crippen LogP contribution in [-0.4, -0.2) is 37.4 Å². The summed E-state index contributed by atoms with van der Waals surface area (Å²) in [5, 5.41) is 8.88. The third kappa shape index (κ3) is 6.97. The summed E-state index contributed by atoms with van der Waals surface area (Å²) in [6.07, 6.45) is 3.57. The molecule has 3 N–H and O–H groups in total. The molecule has 1 amide bonds. The summed E-state index contributed by atoms with van der Waals surface area (Å²) in [5.74, 6) is -0.265. The number of nitrogens with zero attached hydrogens (tertiary/aromatic N) is 3. The molecule has 1 aliphatic rings.